The van der Waals surface area contributed by atoms with Gasteiger partial charge < -0.3 is 52.3 Å². The van der Waals surface area contributed by atoms with Gasteiger partial charge in [0.05, 0.1) is 38.5 Å². The molecule has 0 aliphatic carbocycles. The van der Waals surface area contributed by atoms with E-state index in [1.54, 1.807) is 19.6 Å². The summed E-state index contributed by atoms with van der Waals surface area (Å²) in [6, 6.07) is -2.20. The van der Waals surface area contributed by atoms with Crippen molar-refractivity contribution in [1.82, 2.24) is 51.5 Å². The second-order valence-corrected chi connectivity index (χ2v) is 17.7. The normalized spacial score (nSPS) is 15.0. The summed E-state index contributed by atoms with van der Waals surface area (Å²) in [7, 11) is 0. The highest BCUT2D eigenvalue weighted by molar-refractivity contribution is 7.98. The molecule has 1 fully saturated rings. The fourth-order valence-electron chi connectivity index (χ4n) is 6.74. The van der Waals surface area contributed by atoms with Gasteiger partial charge >= 0.3 is 23.9 Å². The number of hydrogen-bond acceptors (Lipinski definition) is 16. The third-order valence-electron chi connectivity index (χ3n) is 10.5. The molecule has 0 bridgehead atoms. The van der Waals surface area contributed by atoms with Crippen LogP contribution in [0.1, 0.15) is 91.4 Å². The molecule has 0 aromatic rings. The second-order valence-electron chi connectivity index (χ2n) is 16.7. The zero-order valence-corrected chi connectivity index (χ0v) is 42.1. The van der Waals surface area contributed by atoms with Crippen LogP contribution < -0.4 is 31.9 Å². The average Bonchev–Trinajstić information content (AvgIpc) is 3.27. The van der Waals surface area contributed by atoms with E-state index in [4.69, 9.17) is 0 Å². The highest BCUT2D eigenvalue weighted by atomic mass is 32.2. The molecule has 0 aromatic heterocycles. The van der Waals surface area contributed by atoms with Crippen LogP contribution in [0.25, 0.3) is 0 Å². The summed E-state index contributed by atoms with van der Waals surface area (Å²) in [5, 5.41) is 54.5. The quantitative estimate of drug-likeness (QED) is 0.0369. The largest absolute Gasteiger partial charge is 0.480 e. The molecule has 1 saturated heterocycles. The number of nitrogens with zero attached hydrogens (tertiary/aromatic N) is 4. The lowest BCUT2D eigenvalue weighted by atomic mass is 10.1. The summed E-state index contributed by atoms with van der Waals surface area (Å²) in [6.45, 7) is 11.5. The Balaban J connectivity index is 0.0000150. The van der Waals surface area contributed by atoms with Crippen LogP contribution in [-0.4, -0.2) is 222 Å². The zero-order chi connectivity index (χ0) is 52.0. The van der Waals surface area contributed by atoms with Crippen molar-refractivity contribution in [2.45, 2.75) is 103 Å². The number of carbonyl (C=O) groups excluding carboxylic acids is 5. The van der Waals surface area contributed by atoms with Crippen LogP contribution in [0.4, 0.5) is 0 Å². The molecule has 0 radical (unpaired) electrons. The van der Waals surface area contributed by atoms with Crippen molar-refractivity contribution in [3.63, 3.8) is 0 Å². The number of rotatable bonds is 34. The van der Waals surface area contributed by atoms with Crippen molar-refractivity contribution < 1.29 is 63.6 Å². The molecule has 69 heavy (non-hydrogen) atoms. The molecule has 4 amide bonds. The second kappa shape index (κ2) is 39.8. The Morgan fingerprint density at radius 3 is 1.45 bits per heavy atom. The third kappa shape index (κ3) is 35.7. The lowest BCUT2D eigenvalue weighted by molar-refractivity contribution is -0.142. The van der Waals surface area contributed by atoms with Crippen molar-refractivity contribution >= 4 is 65.1 Å². The van der Waals surface area contributed by atoms with Crippen molar-refractivity contribution in [3.8, 4) is 0 Å². The van der Waals surface area contributed by atoms with Gasteiger partial charge in [0.25, 0.3) is 0 Å². The van der Waals surface area contributed by atoms with Crippen LogP contribution in [0.15, 0.2) is 12.4 Å². The molecule has 23 nitrogen and oxygen atoms in total. The summed E-state index contributed by atoms with van der Waals surface area (Å²) >= 11 is 1.44. The molecule has 10 N–H and O–H groups in total. The number of hydrogen-bond donors (Lipinski definition) is 10. The molecule has 1 heterocycles. The zero-order valence-electron chi connectivity index (χ0n) is 41.3. The number of amides is 4. The Kier molecular flexibility index (Phi) is 36.9. The van der Waals surface area contributed by atoms with Crippen LogP contribution >= 0.6 is 11.8 Å². The molecule has 1 aliphatic heterocycles. The first kappa shape index (κ1) is 64.0. The van der Waals surface area contributed by atoms with Crippen LogP contribution in [0.5, 0.6) is 0 Å². The van der Waals surface area contributed by atoms with Crippen LogP contribution in [0.3, 0.4) is 0 Å². The average molecular weight is 1000 g/mol. The first-order chi connectivity index (χ1) is 32.8. The van der Waals surface area contributed by atoms with E-state index in [-0.39, 0.29) is 110 Å². The number of thioether (sulfide) groups is 1. The predicted octanol–water partition coefficient (Wildman–Crippen LogP) is -0.332. The standard InChI is InChI=1S/C42H74N10O13S.C3H8/c1-4-32(53)10-6-5-8-14-43-31(2)44-15-9-7-11-34(42(64)65)48-36(55)26-46-41(63)33(13-25-66-3)47-35(54)12-16-45-37(56)27-49-17-19-50(28-38(57)58)21-23-52(30-40(61)62)24-22-51(20-18-49)29-39(59)60;1-3-2/h33-34,43-44H,2,4-30H2,1,3H3,(H,45,56)(H,46,63)(H,47,54)(H,48,55)(H,57,58)(H,59,60)(H,61,62)(H,64,65);3H2,1-2H3. The molecule has 24 heteroatoms. The predicted molar refractivity (Wildman–Crippen MR) is 263 cm³/mol. The highest BCUT2D eigenvalue weighted by Gasteiger charge is 2.25. The maximum Gasteiger partial charge on any atom is 0.326 e. The summed E-state index contributed by atoms with van der Waals surface area (Å²) in [5.74, 6) is -5.39. The molecule has 0 spiro atoms. The fourth-order valence-corrected chi connectivity index (χ4v) is 7.21. The third-order valence-corrected chi connectivity index (χ3v) is 11.1. The van der Waals surface area contributed by atoms with Crippen LogP contribution in [-0.2, 0) is 43.2 Å². The van der Waals surface area contributed by atoms with E-state index in [2.05, 4.69) is 52.3 Å². The Morgan fingerprint density at radius 2 is 1.00 bits per heavy atom. The molecule has 1 rings (SSSR count). The van der Waals surface area contributed by atoms with Gasteiger partial charge in [-0.25, -0.2) is 4.79 Å². The lowest BCUT2D eigenvalue weighted by Gasteiger charge is -2.32. The summed E-state index contributed by atoms with van der Waals surface area (Å²) in [5.41, 5.74) is 0. The van der Waals surface area contributed by atoms with Gasteiger partial charge in [-0.2, -0.15) is 11.8 Å². The molecular weight excluding hydrogens is 921 g/mol. The SMILES string of the molecule is C=C(NCCCCCC(=O)CC)NCCCCC(NC(=O)CNC(=O)C(CCSC)NC(=O)CCNC(=O)CN1CCN(CC(=O)O)CCN(CC(=O)O)CCN(CC(=O)O)CC1)C(=O)O.CCC. The van der Waals surface area contributed by atoms with Gasteiger partial charge in [0.1, 0.15) is 17.9 Å². The Morgan fingerprint density at radius 1 is 0.536 bits per heavy atom. The maximum atomic E-state index is 13.1. The number of ketones is 1. The van der Waals surface area contributed by atoms with Gasteiger partial charge in [-0.05, 0) is 50.5 Å². The minimum Gasteiger partial charge on any atom is -0.480 e. The van der Waals surface area contributed by atoms with E-state index in [0.29, 0.717) is 50.3 Å². The molecular formula is C45H82N10O13S. The summed E-state index contributed by atoms with van der Waals surface area (Å²) < 4.78 is 0. The van der Waals surface area contributed by atoms with Gasteiger partial charge in [-0.3, -0.25) is 58.0 Å². The van der Waals surface area contributed by atoms with Crippen LogP contribution in [0.2, 0.25) is 0 Å². The maximum absolute atomic E-state index is 13.1. The number of aliphatic carboxylic acids is 4. The summed E-state index contributed by atoms with van der Waals surface area (Å²) in [6.07, 6.45) is 8.21. The van der Waals surface area contributed by atoms with Gasteiger partial charge in [-0.15, -0.1) is 0 Å². The van der Waals surface area contributed by atoms with Crippen molar-refractivity contribution in [3.05, 3.63) is 12.4 Å². The Bertz CT molecular complexity index is 1560. The van der Waals surface area contributed by atoms with Gasteiger partial charge in [-0.1, -0.05) is 40.2 Å². The molecule has 1 aliphatic rings. The molecule has 2 atom stereocenters. The minimum absolute atomic E-state index is 0.0875. The van der Waals surface area contributed by atoms with Gasteiger partial charge in [0.15, 0.2) is 0 Å². The number of nitrogens with one attached hydrogen (secondary N) is 6. The number of carboxylic acid groups (broad SMARTS) is 4. The van der Waals surface area contributed by atoms with Crippen LogP contribution in [0, 0.1) is 0 Å². The number of Topliss-reactive ketones (excluding diaryl/α,β-unsaturated/α-hetero) is 1. The molecule has 2 unspecified atom stereocenters. The first-order valence-electron chi connectivity index (χ1n) is 23.9. The Hall–Kier alpha value is -5.04. The van der Waals surface area contributed by atoms with E-state index >= 15 is 0 Å². The first-order valence-corrected chi connectivity index (χ1v) is 25.3. The molecule has 396 valence electrons. The van der Waals surface area contributed by atoms with E-state index in [0.717, 1.165) is 19.3 Å². The monoisotopic (exact) mass is 1000 g/mol. The number of unbranched alkanes of at least 4 members (excludes halogenated alkanes) is 3. The van der Waals surface area contributed by atoms with Gasteiger partial charge in [0, 0.05) is 91.3 Å². The molecule has 0 aromatic carbocycles. The molecule has 0 saturated carbocycles. The van der Waals surface area contributed by atoms with Crippen molar-refractivity contribution in [2.75, 3.05) is 117 Å². The fraction of sp³-hybridized carbons (Fsp3) is 0.756. The minimum atomic E-state index is -1.22. The highest BCUT2D eigenvalue weighted by Crippen LogP contribution is 2.06. The smallest absolute Gasteiger partial charge is 0.326 e. The van der Waals surface area contributed by atoms with E-state index in [1.807, 2.05) is 13.2 Å². The lowest BCUT2D eigenvalue weighted by Crippen LogP contribution is -2.51. The van der Waals surface area contributed by atoms with Gasteiger partial charge in [0.2, 0.25) is 23.6 Å². The van der Waals surface area contributed by atoms with E-state index in [1.165, 1.54) is 18.2 Å². The van der Waals surface area contributed by atoms with Crippen molar-refractivity contribution in [1.29, 1.82) is 0 Å². The topological polar surface area (TPSA) is 320 Å². The number of carboxylic acids is 4. The number of carbonyl (C=O) groups is 9. The van der Waals surface area contributed by atoms with E-state index < -0.39 is 66.1 Å². The van der Waals surface area contributed by atoms with E-state index in [9.17, 15) is 63.6 Å². The van der Waals surface area contributed by atoms with Crippen molar-refractivity contribution in [2.24, 2.45) is 0 Å². The summed E-state index contributed by atoms with van der Waals surface area (Å²) in [4.78, 5) is 116. The Labute approximate surface area is 411 Å².